The third-order valence-corrected chi connectivity index (χ3v) is 3.48. The first-order chi connectivity index (χ1) is 7.17. The molecule has 1 atom stereocenters. The molecule has 0 amide bonds. The van der Waals surface area contributed by atoms with Gasteiger partial charge in [-0.1, -0.05) is 6.07 Å². The number of H-pyrrole nitrogens is 1. The van der Waals surface area contributed by atoms with E-state index < -0.39 is 0 Å². The van der Waals surface area contributed by atoms with Crippen LogP contribution in [0.1, 0.15) is 25.3 Å². The second-order valence-electron chi connectivity index (χ2n) is 4.83. The molecule has 1 fully saturated rings. The fourth-order valence-corrected chi connectivity index (χ4v) is 2.32. The summed E-state index contributed by atoms with van der Waals surface area (Å²) < 4.78 is 0. The Bertz CT molecular complexity index is 498. The normalized spacial score (nSPS) is 24.0. The van der Waals surface area contributed by atoms with Gasteiger partial charge < -0.3 is 10.3 Å². The first-order valence-corrected chi connectivity index (χ1v) is 5.35. The molecule has 1 aromatic heterocycles. The smallest absolute Gasteiger partial charge is 0.0931 e. The molecule has 1 aliphatic heterocycles. The molecule has 1 unspecified atom stereocenters. The molecule has 2 heterocycles. The average Bonchev–Trinajstić information content (AvgIpc) is 2.63. The van der Waals surface area contributed by atoms with Gasteiger partial charge in [-0.25, -0.2) is 4.98 Å². The number of aromatic nitrogens is 2. The van der Waals surface area contributed by atoms with Gasteiger partial charge in [0.15, 0.2) is 0 Å². The summed E-state index contributed by atoms with van der Waals surface area (Å²) in [4.78, 5) is 7.39. The molecule has 2 N–H and O–H groups in total. The predicted octanol–water partition coefficient (Wildman–Crippen LogP) is 2.03. The number of imidazole rings is 1. The van der Waals surface area contributed by atoms with Gasteiger partial charge in [0.25, 0.3) is 0 Å². The monoisotopic (exact) mass is 201 g/mol. The van der Waals surface area contributed by atoms with Gasteiger partial charge in [0.2, 0.25) is 0 Å². The summed E-state index contributed by atoms with van der Waals surface area (Å²) in [5.41, 5.74) is 3.81. The van der Waals surface area contributed by atoms with Gasteiger partial charge in [-0.05, 0) is 31.5 Å². The second kappa shape index (κ2) is 2.83. The van der Waals surface area contributed by atoms with E-state index in [4.69, 9.17) is 0 Å². The quantitative estimate of drug-likeness (QED) is 0.741. The lowest BCUT2D eigenvalue weighted by atomic mass is 9.75. The van der Waals surface area contributed by atoms with Crippen LogP contribution in [0.2, 0.25) is 0 Å². The third-order valence-electron chi connectivity index (χ3n) is 3.48. The molecule has 3 rings (SSSR count). The van der Waals surface area contributed by atoms with Crippen LogP contribution >= 0.6 is 0 Å². The highest BCUT2D eigenvalue weighted by molar-refractivity contribution is 5.75. The van der Waals surface area contributed by atoms with E-state index in [2.05, 4.69) is 47.3 Å². The van der Waals surface area contributed by atoms with Crippen LogP contribution in [0.25, 0.3) is 11.0 Å². The average molecular weight is 201 g/mol. The molecule has 0 aliphatic carbocycles. The van der Waals surface area contributed by atoms with Crippen molar-refractivity contribution in [3.8, 4) is 0 Å². The highest BCUT2D eigenvalue weighted by Gasteiger charge is 2.38. The van der Waals surface area contributed by atoms with Crippen LogP contribution < -0.4 is 5.32 Å². The number of aromatic amines is 1. The topological polar surface area (TPSA) is 40.7 Å². The van der Waals surface area contributed by atoms with Gasteiger partial charge in [-0.15, -0.1) is 0 Å². The highest BCUT2D eigenvalue weighted by atomic mass is 15.1. The van der Waals surface area contributed by atoms with Crippen molar-refractivity contribution in [2.75, 3.05) is 6.54 Å². The molecular formula is C12H15N3. The minimum absolute atomic E-state index is 0.230. The molecule has 1 aliphatic rings. The predicted molar refractivity (Wildman–Crippen MR) is 60.9 cm³/mol. The molecule has 15 heavy (non-hydrogen) atoms. The van der Waals surface area contributed by atoms with Crippen molar-refractivity contribution >= 4 is 11.0 Å². The summed E-state index contributed by atoms with van der Waals surface area (Å²) in [6.07, 6.45) is 1.75. The second-order valence-corrected chi connectivity index (χ2v) is 4.83. The lowest BCUT2D eigenvalue weighted by Gasteiger charge is -2.46. The highest BCUT2D eigenvalue weighted by Crippen LogP contribution is 2.35. The Hall–Kier alpha value is -1.35. The van der Waals surface area contributed by atoms with E-state index >= 15 is 0 Å². The molecule has 0 spiro atoms. The van der Waals surface area contributed by atoms with Gasteiger partial charge in [0, 0.05) is 18.0 Å². The van der Waals surface area contributed by atoms with Crippen molar-refractivity contribution in [2.45, 2.75) is 25.3 Å². The van der Waals surface area contributed by atoms with Gasteiger partial charge in [0.1, 0.15) is 0 Å². The molecule has 2 aromatic rings. The molecule has 0 radical (unpaired) electrons. The number of hydrogen-bond acceptors (Lipinski definition) is 2. The van der Waals surface area contributed by atoms with E-state index in [1.807, 2.05) is 0 Å². The van der Waals surface area contributed by atoms with Gasteiger partial charge in [0.05, 0.1) is 17.4 Å². The van der Waals surface area contributed by atoms with Crippen LogP contribution in [0.3, 0.4) is 0 Å². The number of hydrogen-bond donors (Lipinski definition) is 2. The van der Waals surface area contributed by atoms with Gasteiger partial charge in [-0.3, -0.25) is 0 Å². The zero-order valence-electron chi connectivity index (χ0n) is 9.04. The summed E-state index contributed by atoms with van der Waals surface area (Å²) in [7, 11) is 0. The number of rotatable bonds is 1. The fourth-order valence-electron chi connectivity index (χ4n) is 2.32. The van der Waals surface area contributed by atoms with E-state index in [0.29, 0.717) is 5.92 Å². The Morgan fingerprint density at radius 3 is 2.93 bits per heavy atom. The van der Waals surface area contributed by atoms with E-state index in [1.54, 1.807) is 6.33 Å². The zero-order valence-corrected chi connectivity index (χ0v) is 9.04. The van der Waals surface area contributed by atoms with Crippen molar-refractivity contribution in [2.24, 2.45) is 0 Å². The molecule has 0 bridgehead atoms. The molecule has 3 heteroatoms. The molecule has 3 nitrogen and oxygen atoms in total. The van der Waals surface area contributed by atoms with E-state index in [0.717, 1.165) is 17.6 Å². The van der Waals surface area contributed by atoms with Crippen molar-refractivity contribution in [1.82, 2.24) is 15.3 Å². The number of nitrogens with one attached hydrogen (secondary N) is 2. The molecule has 1 aromatic carbocycles. The standard InChI is InChI=1S/C12H15N3/c1-12(2)9(6-15-12)8-3-4-10-11(5-8)14-7-13-10/h3-5,7,9,15H,6H2,1-2H3,(H,13,14). The minimum Gasteiger partial charge on any atom is -0.345 e. The summed E-state index contributed by atoms with van der Waals surface area (Å²) in [5, 5.41) is 3.45. The molecule has 0 saturated carbocycles. The van der Waals surface area contributed by atoms with Crippen LogP contribution in [0.15, 0.2) is 24.5 Å². The van der Waals surface area contributed by atoms with Gasteiger partial charge >= 0.3 is 0 Å². The van der Waals surface area contributed by atoms with Crippen LogP contribution in [-0.4, -0.2) is 22.1 Å². The lowest BCUT2D eigenvalue weighted by Crippen LogP contribution is -2.59. The molecule has 78 valence electrons. The fraction of sp³-hybridized carbons (Fsp3) is 0.417. The number of fused-ring (bicyclic) bond motifs is 1. The van der Waals surface area contributed by atoms with Crippen molar-refractivity contribution < 1.29 is 0 Å². The summed E-state index contributed by atoms with van der Waals surface area (Å²) >= 11 is 0. The summed E-state index contributed by atoms with van der Waals surface area (Å²) in [6, 6.07) is 6.50. The van der Waals surface area contributed by atoms with Crippen LogP contribution in [0.4, 0.5) is 0 Å². The van der Waals surface area contributed by atoms with Crippen molar-refractivity contribution in [1.29, 1.82) is 0 Å². The Balaban J connectivity index is 2.04. The Morgan fingerprint density at radius 1 is 1.40 bits per heavy atom. The minimum atomic E-state index is 0.230. The van der Waals surface area contributed by atoms with E-state index in [9.17, 15) is 0 Å². The molecular weight excluding hydrogens is 186 g/mol. The number of benzene rings is 1. The maximum atomic E-state index is 4.23. The zero-order chi connectivity index (χ0) is 10.5. The first kappa shape index (κ1) is 8.92. The molecule has 1 saturated heterocycles. The summed E-state index contributed by atoms with van der Waals surface area (Å²) in [6.45, 7) is 5.57. The van der Waals surface area contributed by atoms with Crippen LogP contribution in [-0.2, 0) is 0 Å². The maximum absolute atomic E-state index is 4.23. The van der Waals surface area contributed by atoms with E-state index in [1.165, 1.54) is 5.56 Å². The van der Waals surface area contributed by atoms with E-state index in [-0.39, 0.29) is 5.54 Å². The first-order valence-electron chi connectivity index (χ1n) is 5.35. The third kappa shape index (κ3) is 1.27. The lowest BCUT2D eigenvalue weighted by molar-refractivity contribution is 0.208. The van der Waals surface area contributed by atoms with Crippen LogP contribution in [0, 0.1) is 0 Å². The van der Waals surface area contributed by atoms with Crippen molar-refractivity contribution in [3.63, 3.8) is 0 Å². The maximum Gasteiger partial charge on any atom is 0.0931 e. The Kier molecular flexibility index (Phi) is 1.68. The largest absolute Gasteiger partial charge is 0.345 e. The van der Waals surface area contributed by atoms with Crippen molar-refractivity contribution in [3.05, 3.63) is 30.1 Å². The van der Waals surface area contributed by atoms with Crippen LogP contribution in [0.5, 0.6) is 0 Å². The Morgan fingerprint density at radius 2 is 2.27 bits per heavy atom. The van der Waals surface area contributed by atoms with Gasteiger partial charge in [-0.2, -0.15) is 0 Å². The summed E-state index contributed by atoms with van der Waals surface area (Å²) in [5.74, 6) is 0.616. The SMILES string of the molecule is CC1(C)NCC1c1ccc2nc[nH]c2c1. The Labute approximate surface area is 88.9 Å². The number of nitrogens with zero attached hydrogens (tertiary/aromatic N) is 1.